The molecule has 1 aliphatic heterocycles. The highest BCUT2D eigenvalue weighted by molar-refractivity contribution is 6.19. The third-order valence-corrected chi connectivity index (χ3v) is 5.10. The number of aliphatic hydroxyl groups excluding tert-OH is 1. The normalized spacial score (nSPS) is 15.2. The number of ether oxygens (including phenoxy) is 1. The second-order valence-corrected chi connectivity index (χ2v) is 7.43. The first-order valence-electron chi connectivity index (χ1n) is 10.6. The summed E-state index contributed by atoms with van der Waals surface area (Å²) in [4.78, 5) is 38.5. The average Bonchev–Trinajstić information content (AvgIpc) is 3.29. The van der Waals surface area contributed by atoms with Crippen LogP contribution in [0, 0.1) is 11.3 Å². The number of amides is 2. The molecular weight excluding hydrogens is 424 g/mol. The fourth-order valence-electron chi connectivity index (χ4n) is 3.37. The van der Waals surface area contributed by atoms with Crippen molar-refractivity contribution in [3.63, 3.8) is 0 Å². The number of imide groups is 1. The Bertz CT molecular complexity index is 1180. The molecule has 1 aromatic carbocycles. The Hall–Kier alpha value is -3.96. The summed E-state index contributed by atoms with van der Waals surface area (Å²) < 4.78 is 11.0. The van der Waals surface area contributed by atoms with Crippen LogP contribution >= 0.6 is 0 Å². The van der Waals surface area contributed by atoms with E-state index in [1.165, 1.54) is 6.08 Å². The monoisotopic (exact) mass is 448 g/mol. The zero-order valence-electron chi connectivity index (χ0n) is 18.5. The number of hydrogen-bond acceptors (Lipinski definition) is 7. The number of nitrogens with zero attached hydrogens (tertiary/aromatic N) is 2. The molecule has 0 spiro atoms. The Labute approximate surface area is 191 Å². The molecule has 0 fully saturated rings. The maximum Gasteiger partial charge on any atom is 0.338 e. The number of carbonyl (C=O) groups is 3. The number of esters is 1. The third-order valence-electron chi connectivity index (χ3n) is 5.10. The van der Waals surface area contributed by atoms with Gasteiger partial charge in [-0.05, 0) is 55.7 Å². The molecule has 0 unspecified atom stereocenters. The van der Waals surface area contributed by atoms with Gasteiger partial charge in [-0.25, -0.2) is 4.79 Å². The van der Waals surface area contributed by atoms with Crippen molar-refractivity contribution in [3.05, 3.63) is 64.4 Å². The summed E-state index contributed by atoms with van der Waals surface area (Å²) in [5, 5.41) is 18.5. The molecule has 2 amide bonds. The van der Waals surface area contributed by atoms with Crippen molar-refractivity contribution in [3.8, 4) is 17.4 Å². The van der Waals surface area contributed by atoms with Crippen molar-refractivity contribution in [1.29, 1.82) is 5.26 Å². The molecule has 170 valence electrons. The van der Waals surface area contributed by atoms with Gasteiger partial charge in [0.15, 0.2) is 0 Å². The van der Waals surface area contributed by atoms with Gasteiger partial charge in [-0.2, -0.15) is 5.26 Å². The molecule has 0 saturated carbocycles. The molecule has 1 aromatic heterocycles. The molecule has 3 rings (SSSR count). The van der Waals surface area contributed by atoms with Gasteiger partial charge in [-0.3, -0.25) is 14.5 Å². The van der Waals surface area contributed by atoms with Crippen LogP contribution in [0.4, 0.5) is 0 Å². The quantitative estimate of drug-likeness (QED) is 0.373. The van der Waals surface area contributed by atoms with Gasteiger partial charge in [0.2, 0.25) is 0 Å². The molecule has 1 aliphatic rings. The number of benzene rings is 1. The Morgan fingerprint density at radius 3 is 2.73 bits per heavy atom. The molecule has 8 nitrogen and oxygen atoms in total. The summed E-state index contributed by atoms with van der Waals surface area (Å²) in [5.41, 5.74) is 1.37. The smallest absolute Gasteiger partial charge is 0.338 e. The maximum atomic E-state index is 12.9. The molecule has 2 heterocycles. The van der Waals surface area contributed by atoms with Crippen molar-refractivity contribution < 1.29 is 28.6 Å². The van der Waals surface area contributed by atoms with E-state index in [1.54, 1.807) is 43.3 Å². The van der Waals surface area contributed by atoms with E-state index >= 15 is 0 Å². The highest BCUT2D eigenvalue weighted by atomic mass is 16.5. The summed E-state index contributed by atoms with van der Waals surface area (Å²) in [5.74, 6) is -0.815. The molecule has 0 atom stereocenters. The lowest BCUT2D eigenvalue weighted by Gasteiger charge is -2.27. The largest absolute Gasteiger partial charge is 0.462 e. The zero-order valence-corrected chi connectivity index (χ0v) is 18.5. The number of furan rings is 1. The van der Waals surface area contributed by atoms with Crippen LogP contribution in [0.5, 0.6) is 0 Å². The standard InChI is InChI=1S/C25H24N2O6/c1-3-12-32-25(31)18-7-4-6-17(13-18)22-9-8-19(33-22)14-20-16(2)21(15-26)24(30)27(23(20)29)10-5-11-28/h4,6-9,13-14,28H,3,5,10-12H2,1-2H3/b20-14-. The van der Waals surface area contributed by atoms with Gasteiger partial charge in [0, 0.05) is 24.3 Å². The van der Waals surface area contributed by atoms with Crippen LogP contribution in [-0.2, 0) is 14.3 Å². The molecular formula is C25H24N2O6. The van der Waals surface area contributed by atoms with Crippen LogP contribution in [0.1, 0.15) is 42.8 Å². The van der Waals surface area contributed by atoms with Gasteiger partial charge in [0.1, 0.15) is 23.2 Å². The SMILES string of the molecule is CCCOC(=O)c1cccc(-c2ccc(/C=C3\C(=O)N(CCCO)C(=O)C(C#N)=C3C)o2)c1. The van der Waals surface area contributed by atoms with E-state index in [2.05, 4.69) is 0 Å². The van der Waals surface area contributed by atoms with E-state index in [-0.39, 0.29) is 36.3 Å². The molecule has 1 N–H and O–H groups in total. The maximum absolute atomic E-state index is 12.9. The van der Waals surface area contributed by atoms with Crippen LogP contribution in [0.2, 0.25) is 0 Å². The fourth-order valence-corrected chi connectivity index (χ4v) is 3.37. The Morgan fingerprint density at radius 1 is 1.24 bits per heavy atom. The van der Waals surface area contributed by atoms with E-state index in [1.807, 2.05) is 13.0 Å². The van der Waals surface area contributed by atoms with Gasteiger partial charge in [0.05, 0.1) is 12.2 Å². The predicted octanol–water partition coefficient (Wildman–Crippen LogP) is 3.49. The number of rotatable bonds is 8. The minimum Gasteiger partial charge on any atom is -0.462 e. The van der Waals surface area contributed by atoms with E-state index in [0.29, 0.717) is 29.3 Å². The number of nitriles is 1. The zero-order chi connectivity index (χ0) is 24.0. The summed E-state index contributed by atoms with van der Waals surface area (Å²) in [6, 6.07) is 12.1. The highest BCUT2D eigenvalue weighted by Gasteiger charge is 2.35. The van der Waals surface area contributed by atoms with Crippen LogP contribution < -0.4 is 0 Å². The molecule has 0 radical (unpaired) electrons. The lowest BCUT2D eigenvalue weighted by Crippen LogP contribution is -2.43. The lowest BCUT2D eigenvalue weighted by molar-refractivity contribution is -0.140. The molecule has 33 heavy (non-hydrogen) atoms. The Kier molecular flexibility index (Phi) is 7.59. The average molecular weight is 448 g/mol. The van der Waals surface area contributed by atoms with Gasteiger partial charge in [-0.1, -0.05) is 19.1 Å². The highest BCUT2D eigenvalue weighted by Crippen LogP contribution is 2.29. The van der Waals surface area contributed by atoms with Crippen molar-refractivity contribution >= 4 is 23.9 Å². The van der Waals surface area contributed by atoms with Gasteiger partial charge >= 0.3 is 5.97 Å². The third kappa shape index (κ3) is 5.10. The van der Waals surface area contributed by atoms with Crippen molar-refractivity contribution in [1.82, 2.24) is 4.90 Å². The first kappa shape index (κ1) is 23.7. The van der Waals surface area contributed by atoms with E-state index in [0.717, 1.165) is 11.3 Å². The van der Waals surface area contributed by atoms with Crippen molar-refractivity contribution in [2.75, 3.05) is 19.8 Å². The van der Waals surface area contributed by atoms with Crippen molar-refractivity contribution in [2.24, 2.45) is 0 Å². The van der Waals surface area contributed by atoms with Gasteiger partial charge in [-0.15, -0.1) is 0 Å². The second kappa shape index (κ2) is 10.6. The van der Waals surface area contributed by atoms with E-state index in [4.69, 9.17) is 14.3 Å². The second-order valence-electron chi connectivity index (χ2n) is 7.43. The van der Waals surface area contributed by atoms with Crippen LogP contribution in [-0.4, -0.2) is 47.5 Å². The fraction of sp³-hybridized carbons (Fsp3) is 0.280. The summed E-state index contributed by atoms with van der Waals surface area (Å²) in [6.07, 6.45) is 2.42. The van der Waals surface area contributed by atoms with Gasteiger partial charge in [0.25, 0.3) is 11.8 Å². The Morgan fingerprint density at radius 2 is 2.03 bits per heavy atom. The summed E-state index contributed by atoms with van der Waals surface area (Å²) in [6.45, 7) is 3.61. The Balaban J connectivity index is 1.93. The minimum atomic E-state index is -0.669. The number of aliphatic hydroxyl groups is 1. The topological polar surface area (TPSA) is 121 Å². The van der Waals surface area contributed by atoms with Crippen LogP contribution in [0.3, 0.4) is 0 Å². The molecule has 0 saturated heterocycles. The molecule has 0 aliphatic carbocycles. The predicted molar refractivity (Wildman–Crippen MR) is 119 cm³/mol. The summed E-state index contributed by atoms with van der Waals surface area (Å²) >= 11 is 0. The number of hydrogen-bond donors (Lipinski definition) is 1. The van der Waals surface area contributed by atoms with E-state index < -0.39 is 17.8 Å². The van der Waals surface area contributed by atoms with Gasteiger partial charge < -0.3 is 14.3 Å². The molecule has 8 heteroatoms. The first-order valence-corrected chi connectivity index (χ1v) is 10.6. The number of carbonyl (C=O) groups excluding carboxylic acids is 3. The molecule has 2 aromatic rings. The van der Waals surface area contributed by atoms with Crippen LogP contribution in [0.15, 0.2) is 57.5 Å². The molecule has 0 bridgehead atoms. The van der Waals surface area contributed by atoms with Crippen LogP contribution in [0.25, 0.3) is 17.4 Å². The van der Waals surface area contributed by atoms with E-state index in [9.17, 15) is 19.6 Å². The first-order chi connectivity index (χ1) is 15.9. The minimum absolute atomic E-state index is 0.00823. The lowest BCUT2D eigenvalue weighted by atomic mass is 9.94. The summed E-state index contributed by atoms with van der Waals surface area (Å²) in [7, 11) is 0. The van der Waals surface area contributed by atoms with Crippen molar-refractivity contribution in [2.45, 2.75) is 26.7 Å².